The summed E-state index contributed by atoms with van der Waals surface area (Å²) in [4.78, 5) is 136. The smallest absolute Gasteiger partial charge is 0.326 e. The number of likely N-dealkylation sites (tertiary alicyclic amines) is 3. The van der Waals surface area contributed by atoms with Crippen molar-refractivity contribution >= 4 is 59.1 Å². The Balaban J connectivity index is 1.42. The van der Waals surface area contributed by atoms with Crippen LogP contribution in [0.1, 0.15) is 84.6 Å². The van der Waals surface area contributed by atoms with Crippen molar-refractivity contribution in [2.45, 2.75) is 140 Å². The lowest BCUT2D eigenvalue weighted by Gasteiger charge is -2.34. The molecule has 3 aliphatic rings. The van der Waals surface area contributed by atoms with Crippen LogP contribution in [0, 0.1) is 11.8 Å². The maximum atomic E-state index is 14.3. The first-order valence-corrected chi connectivity index (χ1v) is 23.3. The molecule has 1 aromatic carbocycles. The summed E-state index contributed by atoms with van der Waals surface area (Å²) in [5.74, 6) is -8.80. The predicted octanol–water partition coefficient (Wildman–Crippen LogP) is -3.69. The first kappa shape index (κ1) is 55.2. The zero-order chi connectivity index (χ0) is 51.3. The van der Waals surface area contributed by atoms with Gasteiger partial charge >= 0.3 is 5.97 Å². The largest absolute Gasteiger partial charge is 0.508 e. The molecule has 9 atom stereocenters. The summed E-state index contributed by atoms with van der Waals surface area (Å²) in [6.07, 6.45) is 1.44. The topological polar surface area (TPSA) is 374 Å². The number of phenols is 1. The average Bonchev–Trinajstić information content (AvgIpc) is 4.10. The summed E-state index contributed by atoms with van der Waals surface area (Å²) in [6, 6.07) is -5.60. The molecule has 69 heavy (non-hydrogen) atoms. The predicted molar refractivity (Wildman–Crippen MR) is 244 cm³/mol. The van der Waals surface area contributed by atoms with Crippen molar-refractivity contribution in [1.82, 2.24) is 41.3 Å². The van der Waals surface area contributed by atoms with Gasteiger partial charge in [0.05, 0.1) is 25.7 Å². The Labute approximate surface area is 399 Å². The fourth-order valence-corrected chi connectivity index (χ4v) is 8.80. The van der Waals surface area contributed by atoms with Gasteiger partial charge in [-0.05, 0) is 74.5 Å². The average molecular weight is 973 g/mol. The number of carbonyl (C=O) groups excluding carboxylic acids is 9. The highest BCUT2D eigenvalue weighted by atomic mass is 16.4. The summed E-state index contributed by atoms with van der Waals surface area (Å²) in [6.45, 7) is 5.57. The molecule has 24 heteroatoms. The number of nitrogens with one attached hydrogen (secondary N) is 5. The number of aliphatic hydroxyl groups is 2. The number of nitrogens with zero attached hydrogens (tertiary/aromatic N) is 3. The minimum atomic E-state index is -1.63. The molecule has 0 aromatic heterocycles. The Morgan fingerprint density at radius 2 is 1.13 bits per heavy atom. The Hall–Kier alpha value is -6.40. The van der Waals surface area contributed by atoms with Crippen LogP contribution in [0.4, 0.5) is 0 Å². The van der Waals surface area contributed by atoms with E-state index in [9.17, 15) is 68.4 Å². The number of aromatic hydroxyl groups is 1. The van der Waals surface area contributed by atoms with E-state index in [0.29, 0.717) is 24.8 Å². The minimum absolute atomic E-state index is 0.0115. The van der Waals surface area contributed by atoms with Gasteiger partial charge in [0, 0.05) is 26.1 Å². The van der Waals surface area contributed by atoms with Crippen molar-refractivity contribution in [2.24, 2.45) is 23.3 Å². The lowest BCUT2D eigenvalue weighted by molar-refractivity contribution is -0.149. The van der Waals surface area contributed by atoms with Gasteiger partial charge in [-0.25, -0.2) is 4.79 Å². The van der Waals surface area contributed by atoms with Crippen LogP contribution in [0.2, 0.25) is 0 Å². The maximum Gasteiger partial charge on any atom is 0.326 e. The highest BCUT2D eigenvalue weighted by Crippen LogP contribution is 2.27. The summed E-state index contributed by atoms with van der Waals surface area (Å²) >= 11 is 0. The second-order valence-electron chi connectivity index (χ2n) is 18.5. The van der Waals surface area contributed by atoms with E-state index in [-0.39, 0.29) is 63.4 Å². The molecule has 3 aliphatic heterocycles. The van der Waals surface area contributed by atoms with Gasteiger partial charge in [0.25, 0.3) is 0 Å². The van der Waals surface area contributed by atoms with Gasteiger partial charge in [-0.2, -0.15) is 0 Å². The van der Waals surface area contributed by atoms with E-state index in [2.05, 4.69) is 26.6 Å². The third-order valence-electron chi connectivity index (χ3n) is 12.4. The quantitative estimate of drug-likeness (QED) is 0.0503. The zero-order valence-corrected chi connectivity index (χ0v) is 39.4. The molecule has 0 radical (unpaired) electrons. The van der Waals surface area contributed by atoms with E-state index in [4.69, 9.17) is 11.5 Å². The molecule has 0 saturated carbocycles. The van der Waals surface area contributed by atoms with Gasteiger partial charge in [-0.3, -0.25) is 43.2 Å². The summed E-state index contributed by atoms with van der Waals surface area (Å²) in [5.41, 5.74) is 11.2. The second-order valence-corrected chi connectivity index (χ2v) is 18.5. The molecule has 0 spiro atoms. The van der Waals surface area contributed by atoms with E-state index < -0.39 is 139 Å². The number of hydrogen-bond donors (Lipinski definition) is 11. The van der Waals surface area contributed by atoms with Gasteiger partial charge in [0.15, 0.2) is 0 Å². The Bertz CT molecular complexity index is 2050. The molecule has 4 rings (SSSR count). The number of rotatable bonds is 23. The van der Waals surface area contributed by atoms with Crippen molar-refractivity contribution in [3.05, 3.63) is 29.8 Å². The van der Waals surface area contributed by atoms with Crippen LogP contribution < -0.4 is 38.1 Å². The normalized spacial score (nSPS) is 20.6. The highest BCUT2D eigenvalue weighted by Gasteiger charge is 2.46. The van der Waals surface area contributed by atoms with Crippen LogP contribution >= 0.6 is 0 Å². The first-order chi connectivity index (χ1) is 32.6. The molecule has 24 nitrogen and oxygen atoms in total. The number of carbonyl (C=O) groups is 10. The van der Waals surface area contributed by atoms with Gasteiger partial charge < -0.3 is 73.2 Å². The van der Waals surface area contributed by atoms with Crippen LogP contribution in [-0.4, -0.2) is 181 Å². The number of aliphatic hydroxyl groups excluding tert-OH is 2. The minimum Gasteiger partial charge on any atom is -0.508 e. The molecule has 0 bridgehead atoms. The van der Waals surface area contributed by atoms with Gasteiger partial charge in [-0.15, -0.1) is 0 Å². The number of primary amides is 1. The molecule has 3 heterocycles. The third-order valence-corrected chi connectivity index (χ3v) is 12.4. The van der Waals surface area contributed by atoms with Crippen LogP contribution in [-0.2, 0) is 54.4 Å². The van der Waals surface area contributed by atoms with E-state index in [1.807, 2.05) is 13.8 Å². The molecule has 9 amide bonds. The molecule has 13 N–H and O–H groups in total. The number of nitrogens with two attached hydrogens (primary N) is 2. The van der Waals surface area contributed by atoms with Crippen molar-refractivity contribution < 1.29 is 68.4 Å². The fraction of sp³-hybridized carbons (Fsp3) is 0.644. The third kappa shape index (κ3) is 14.8. The molecule has 1 aromatic rings. The Kier molecular flexibility index (Phi) is 20.2. The van der Waals surface area contributed by atoms with E-state index in [1.54, 1.807) is 13.8 Å². The van der Waals surface area contributed by atoms with E-state index in [0.717, 1.165) is 0 Å². The van der Waals surface area contributed by atoms with Crippen molar-refractivity contribution in [1.29, 1.82) is 0 Å². The maximum absolute atomic E-state index is 14.3. The van der Waals surface area contributed by atoms with Gasteiger partial charge in [0.2, 0.25) is 53.2 Å². The number of phenolic OH excluding ortho intramolecular Hbond substituents is 1. The van der Waals surface area contributed by atoms with Crippen molar-refractivity contribution in [3.63, 3.8) is 0 Å². The van der Waals surface area contributed by atoms with Gasteiger partial charge in [-0.1, -0.05) is 39.8 Å². The molecule has 0 unspecified atom stereocenters. The fourth-order valence-electron chi connectivity index (χ4n) is 8.80. The molecule has 382 valence electrons. The number of benzene rings is 1. The first-order valence-electron chi connectivity index (χ1n) is 23.3. The number of hydrogen-bond acceptors (Lipinski definition) is 14. The highest BCUT2D eigenvalue weighted by molar-refractivity contribution is 5.99. The van der Waals surface area contributed by atoms with E-state index in [1.165, 1.54) is 39.0 Å². The Morgan fingerprint density at radius 3 is 1.67 bits per heavy atom. The number of carboxylic acid groups (broad SMARTS) is 1. The van der Waals surface area contributed by atoms with Crippen molar-refractivity contribution in [2.75, 3.05) is 32.8 Å². The SMILES string of the molecule is CC(C)C[C@H](NC(=O)[C@@H]1CCCN1C(=O)[C@@H]1CCCN1C(=O)[C@H](CO)NC(=O)[C@H](CO)NC(=O)[C@@H](N)CC(N)=O)C(=O)N1CCC[C@H]1C(=O)N[C@H](C(=O)N[C@@H](Cc1ccc(O)cc1)C(=O)O)C(C)C. The van der Waals surface area contributed by atoms with Crippen LogP contribution in [0.3, 0.4) is 0 Å². The molecule has 3 fully saturated rings. The lowest BCUT2D eigenvalue weighted by atomic mass is 10.00. The second kappa shape index (κ2) is 25.3. The lowest BCUT2D eigenvalue weighted by Crippen LogP contribution is -2.61. The molecular formula is C45H68N10O14. The van der Waals surface area contributed by atoms with Crippen molar-refractivity contribution in [3.8, 4) is 5.75 Å². The monoisotopic (exact) mass is 972 g/mol. The summed E-state index contributed by atoms with van der Waals surface area (Å²) in [5, 5.41) is 51.9. The summed E-state index contributed by atoms with van der Waals surface area (Å²) < 4.78 is 0. The van der Waals surface area contributed by atoms with Gasteiger partial charge in [0.1, 0.15) is 54.1 Å². The molecule has 3 saturated heterocycles. The standard InChI is InChI=1S/C45H68N10O14/c1-23(2)18-28(42(65)53-15-5-9-33(53)40(63)52-36(24(3)4)41(64)49-29(45(68)69)19-25-11-13-26(58)14-12-25)48-39(62)32-8-6-16-54(32)44(67)34-10-7-17-55(34)43(66)31(22-57)51-38(61)30(21-56)50-37(60)27(46)20-35(47)59/h11-14,23-24,27-34,36,56-58H,5-10,15-22,46H2,1-4H3,(H2,47,59)(H,48,62)(H,49,64)(H,50,60)(H,51,61)(H,52,63)(H,68,69)/t27-,28-,29-,30-,31-,32-,33-,34-,36-/m0/s1. The van der Waals surface area contributed by atoms with Crippen LogP contribution in [0.25, 0.3) is 0 Å². The number of amides is 9. The van der Waals surface area contributed by atoms with Crippen LogP contribution in [0.15, 0.2) is 24.3 Å². The van der Waals surface area contributed by atoms with Crippen LogP contribution in [0.5, 0.6) is 5.75 Å². The van der Waals surface area contributed by atoms with E-state index >= 15 is 0 Å². The molecular weight excluding hydrogens is 905 g/mol. The zero-order valence-electron chi connectivity index (χ0n) is 39.4. The number of aliphatic carboxylic acids is 1. The Morgan fingerprint density at radius 1 is 0.638 bits per heavy atom. The summed E-state index contributed by atoms with van der Waals surface area (Å²) in [7, 11) is 0. The number of carboxylic acids is 1. The molecule has 0 aliphatic carbocycles.